The minimum absolute atomic E-state index is 0.356. The molecule has 1 aromatic carbocycles. The number of hydrogen-bond donors (Lipinski definition) is 2. The summed E-state index contributed by atoms with van der Waals surface area (Å²) in [7, 11) is 0. The van der Waals surface area contributed by atoms with Crippen LogP contribution in [0, 0.1) is 0 Å². The zero-order chi connectivity index (χ0) is 15.0. The normalized spacial score (nSPS) is 11.9. The quantitative estimate of drug-likeness (QED) is 0.724. The highest BCUT2D eigenvalue weighted by Crippen LogP contribution is 2.15. The summed E-state index contributed by atoms with van der Waals surface area (Å²) in [5.41, 5.74) is 5.68. The molecule has 0 fully saturated rings. The molecule has 0 aliphatic heterocycles. The van der Waals surface area contributed by atoms with Crippen LogP contribution in [0.25, 0.3) is 0 Å². The van der Waals surface area contributed by atoms with Gasteiger partial charge in [0.2, 0.25) is 5.91 Å². The van der Waals surface area contributed by atoms with Crippen LogP contribution in [0.1, 0.15) is 49.4 Å². The van der Waals surface area contributed by atoms with Gasteiger partial charge in [-0.2, -0.15) is 0 Å². The lowest BCUT2D eigenvalue weighted by molar-refractivity contribution is -0.120. The topological polar surface area (TPSA) is 72.2 Å². The number of carbonyl (C=O) groups is 2. The van der Waals surface area contributed by atoms with Crippen molar-refractivity contribution in [2.24, 2.45) is 5.73 Å². The van der Waals surface area contributed by atoms with Crippen molar-refractivity contribution >= 4 is 23.4 Å². The van der Waals surface area contributed by atoms with E-state index in [4.69, 9.17) is 17.3 Å². The van der Waals surface area contributed by atoms with Crippen molar-refractivity contribution in [2.45, 2.75) is 45.1 Å². The molecule has 0 heterocycles. The SMILES string of the molecule is CCCCCC[C@H](NC(=O)c1ccccc1Cl)C(N)=O. The van der Waals surface area contributed by atoms with E-state index < -0.39 is 11.9 Å². The Hall–Kier alpha value is -1.55. The van der Waals surface area contributed by atoms with Gasteiger partial charge in [-0.15, -0.1) is 0 Å². The monoisotopic (exact) mass is 296 g/mol. The Morgan fingerprint density at radius 1 is 1.25 bits per heavy atom. The van der Waals surface area contributed by atoms with E-state index in [0.717, 1.165) is 25.7 Å². The van der Waals surface area contributed by atoms with Gasteiger partial charge in [0.25, 0.3) is 5.91 Å². The third kappa shape index (κ3) is 5.21. The Bertz CT molecular complexity index is 463. The first kappa shape index (κ1) is 16.5. The van der Waals surface area contributed by atoms with Crippen LogP contribution in [-0.4, -0.2) is 17.9 Å². The van der Waals surface area contributed by atoms with E-state index in [0.29, 0.717) is 17.0 Å². The Morgan fingerprint density at radius 3 is 2.55 bits per heavy atom. The molecule has 0 aliphatic carbocycles. The van der Waals surface area contributed by atoms with Crippen molar-refractivity contribution < 1.29 is 9.59 Å². The van der Waals surface area contributed by atoms with Gasteiger partial charge in [0.05, 0.1) is 10.6 Å². The van der Waals surface area contributed by atoms with E-state index >= 15 is 0 Å². The highest BCUT2D eigenvalue weighted by molar-refractivity contribution is 6.33. The highest BCUT2D eigenvalue weighted by atomic mass is 35.5. The molecule has 5 heteroatoms. The maximum Gasteiger partial charge on any atom is 0.253 e. The third-order valence-electron chi connectivity index (χ3n) is 3.11. The summed E-state index contributed by atoms with van der Waals surface area (Å²) in [6.07, 6.45) is 4.69. The Balaban J connectivity index is 2.59. The molecule has 1 aromatic rings. The number of nitrogens with two attached hydrogens (primary N) is 1. The highest BCUT2D eigenvalue weighted by Gasteiger charge is 2.19. The number of rotatable bonds is 8. The number of hydrogen-bond acceptors (Lipinski definition) is 2. The molecule has 0 saturated heterocycles. The van der Waals surface area contributed by atoms with Crippen LogP contribution in [-0.2, 0) is 4.79 Å². The molecular formula is C15H21ClN2O2. The molecule has 0 unspecified atom stereocenters. The summed E-state index contributed by atoms with van der Waals surface area (Å²) in [4.78, 5) is 23.5. The molecule has 20 heavy (non-hydrogen) atoms. The number of amides is 2. The Morgan fingerprint density at radius 2 is 1.95 bits per heavy atom. The molecule has 0 bridgehead atoms. The van der Waals surface area contributed by atoms with Crippen LogP contribution in [0.2, 0.25) is 5.02 Å². The second-order valence-electron chi connectivity index (χ2n) is 4.76. The van der Waals surface area contributed by atoms with Crippen LogP contribution in [0.15, 0.2) is 24.3 Å². The number of halogens is 1. The molecule has 1 rings (SSSR count). The number of primary amides is 1. The lowest BCUT2D eigenvalue weighted by atomic mass is 10.1. The van der Waals surface area contributed by atoms with Gasteiger partial charge in [0.15, 0.2) is 0 Å². The molecule has 0 radical (unpaired) electrons. The molecule has 4 nitrogen and oxygen atoms in total. The van der Waals surface area contributed by atoms with Crippen molar-refractivity contribution in [3.63, 3.8) is 0 Å². The first-order chi connectivity index (χ1) is 9.56. The lowest BCUT2D eigenvalue weighted by Gasteiger charge is -2.15. The predicted molar refractivity (Wildman–Crippen MR) is 80.7 cm³/mol. The van der Waals surface area contributed by atoms with Crippen LogP contribution in [0.4, 0.5) is 0 Å². The number of benzene rings is 1. The number of unbranched alkanes of at least 4 members (excludes halogenated alkanes) is 3. The summed E-state index contributed by atoms with van der Waals surface area (Å²) in [6, 6.07) is 6.08. The lowest BCUT2D eigenvalue weighted by Crippen LogP contribution is -2.44. The average molecular weight is 297 g/mol. The van der Waals surface area contributed by atoms with Crippen molar-refractivity contribution in [3.8, 4) is 0 Å². The van der Waals surface area contributed by atoms with E-state index in [1.807, 2.05) is 0 Å². The van der Waals surface area contributed by atoms with Gasteiger partial charge in [0, 0.05) is 0 Å². The smallest absolute Gasteiger partial charge is 0.253 e. The van der Waals surface area contributed by atoms with E-state index in [-0.39, 0.29) is 5.91 Å². The number of nitrogens with one attached hydrogen (secondary N) is 1. The summed E-state index contributed by atoms with van der Waals surface area (Å²) < 4.78 is 0. The largest absolute Gasteiger partial charge is 0.368 e. The van der Waals surface area contributed by atoms with Crippen molar-refractivity contribution in [1.29, 1.82) is 0 Å². The summed E-state index contributed by atoms with van der Waals surface area (Å²) in [6.45, 7) is 2.12. The van der Waals surface area contributed by atoms with Crippen LogP contribution >= 0.6 is 11.6 Å². The average Bonchev–Trinajstić information content (AvgIpc) is 2.42. The first-order valence-corrected chi connectivity index (χ1v) is 7.28. The maximum absolute atomic E-state index is 12.1. The minimum Gasteiger partial charge on any atom is -0.368 e. The van der Waals surface area contributed by atoms with Gasteiger partial charge in [-0.1, -0.05) is 56.3 Å². The molecule has 0 aromatic heterocycles. The summed E-state index contributed by atoms with van der Waals surface area (Å²) in [5, 5.41) is 3.01. The van der Waals surface area contributed by atoms with Crippen LogP contribution in [0.3, 0.4) is 0 Å². The van der Waals surface area contributed by atoms with Crippen molar-refractivity contribution in [3.05, 3.63) is 34.9 Å². The Labute approximate surface area is 124 Å². The van der Waals surface area contributed by atoms with E-state index in [9.17, 15) is 9.59 Å². The zero-order valence-corrected chi connectivity index (χ0v) is 12.5. The van der Waals surface area contributed by atoms with Crippen LogP contribution < -0.4 is 11.1 Å². The molecule has 1 atom stereocenters. The van der Waals surface area contributed by atoms with Gasteiger partial charge < -0.3 is 11.1 Å². The third-order valence-corrected chi connectivity index (χ3v) is 3.44. The molecule has 0 aliphatic rings. The zero-order valence-electron chi connectivity index (χ0n) is 11.7. The van der Waals surface area contributed by atoms with E-state index in [2.05, 4.69) is 12.2 Å². The van der Waals surface area contributed by atoms with Gasteiger partial charge >= 0.3 is 0 Å². The molecule has 0 spiro atoms. The standard InChI is InChI=1S/C15H21ClN2O2/c1-2-3-4-5-10-13(14(17)19)18-15(20)11-8-6-7-9-12(11)16/h6-9,13H,2-5,10H2,1H3,(H2,17,19)(H,18,20)/t13-/m0/s1. The van der Waals surface area contributed by atoms with Crippen molar-refractivity contribution in [2.75, 3.05) is 0 Å². The predicted octanol–water partition coefficient (Wildman–Crippen LogP) is 2.89. The number of carbonyl (C=O) groups excluding carboxylic acids is 2. The fourth-order valence-electron chi connectivity index (χ4n) is 1.94. The molecule has 2 amide bonds. The summed E-state index contributed by atoms with van der Waals surface area (Å²) in [5.74, 6) is -0.878. The van der Waals surface area contributed by atoms with Gasteiger partial charge in [0.1, 0.15) is 6.04 Å². The van der Waals surface area contributed by atoms with Gasteiger partial charge in [-0.3, -0.25) is 9.59 Å². The van der Waals surface area contributed by atoms with E-state index in [1.54, 1.807) is 24.3 Å². The second-order valence-corrected chi connectivity index (χ2v) is 5.16. The fourth-order valence-corrected chi connectivity index (χ4v) is 2.16. The fraction of sp³-hybridized carbons (Fsp3) is 0.467. The Kier molecular flexibility index (Phi) is 7.09. The van der Waals surface area contributed by atoms with Gasteiger partial charge in [-0.25, -0.2) is 0 Å². The minimum atomic E-state index is -0.643. The molecule has 3 N–H and O–H groups in total. The van der Waals surface area contributed by atoms with Crippen LogP contribution in [0.5, 0.6) is 0 Å². The summed E-state index contributed by atoms with van der Waals surface area (Å²) >= 11 is 5.95. The first-order valence-electron chi connectivity index (χ1n) is 6.91. The molecule has 0 saturated carbocycles. The maximum atomic E-state index is 12.1. The van der Waals surface area contributed by atoms with Crippen molar-refractivity contribution in [1.82, 2.24) is 5.32 Å². The molecule has 110 valence electrons. The second kappa shape index (κ2) is 8.59. The van der Waals surface area contributed by atoms with E-state index in [1.165, 1.54) is 0 Å². The molecular weight excluding hydrogens is 276 g/mol. The van der Waals surface area contributed by atoms with Gasteiger partial charge in [-0.05, 0) is 18.6 Å².